The number of fused-ring (bicyclic) bond motifs is 2. The third-order valence-corrected chi connectivity index (χ3v) is 11.8. The van der Waals surface area contributed by atoms with Crippen molar-refractivity contribution >= 4 is 27.7 Å². The van der Waals surface area contributed by atoms with Gasteiger partial charge in [0.25, 0.3) is 11.5 Å². The van der Waals surface area contributed by atoms with E-state index in [1.165, 1.54) is 10.6 Å². The van der Waals surface area contributed by atoms with Gasteiger partial charge in [0.2, 0.25) is 0 Å². The second kappa shape index (κ2) is 13.7. The van der Waals surface area contributed by atoms with Crippen molar-refractivity contribution in [2.24, 2.45) is 7.05 Å². The SMILES string of the molecule is CC[C@@H]1CN(Cc2cc([C@@H](c3ccc4c(nnn4CC)c3C)C(C)(C)NC(=O)c3ccn(C)c(=O)c3)ccc2C)S(O)(O)c2ccccc2O1. The number of ether oxygens (including phenoxy) is 1. The minimum Gasteiger partial charge on any atom is -0.487 e. The van der Waals surface area contributed by atoms with Gasteiger partial charge in [-0.1, -0.05) is 48.5 Å². The van der Waals surface area contributed by atoms with Crippen molar-refractivity contribution in [2.75, 3.05) is 6.54 Å². The van der Waals surface area contributed by atoms with E-state index in [0.29, 0.717) is 30.2 Å². The van der Waals surface area contributed by atoms with E-state index < -0.39 is 16.3 Å². The number of carbonyl (C=O) groups is 1. The molecule has 2 aromatic heterocycles. The largest absolute Gasteiger partial charge is 0.487 e. The zero-order valence-electron chi connectivity index (χ0n) is 29.7. The van der Waals surface area contributed by atoms with Crippen LogP contribution in [-0.2, 0) is 20.1 Å². The second-order valence-corrected chi connectivity index (χ2v) is 15.6. The number of nitrogens with one attached hydrogen (secondary N) is 1. The summed E-state index contributed by atoms with van der Waals surface area (Å²) in [5.41, 5.74) is 5.63. The number of nitrogens with zero attached hydrogens (tertiary/aromatic N) is 5. The Morgan fingerprint density at radius 1 is 1.08 bits per heavy atom. The standard InChI is InChI=1S/C38H46N6O5S/c1-8-29-23-43(50(47,48)33-13-11-10-12-32(33)49-29)22-28-20-26(15-14-24(28)3)35(30-16-17-31-36(25(30)4)40-41-44(31)9-2)38(5,6)39-37(46)27-18-19-42(7)34(45)21-27/h10-21,29,35,47-48H,8-9,22-23H2,1-7H3,(H,39,46)/t29-,35+/m1/s1. The van der Waals surface area contributed by atoms with Crippen LogP contribution in [-0.4, -0.2) is 57.1 Å². The van der Waals surface area contributed by atoms with E-state index >= 15 is 0 Å². The minimum absolute atomic E-state index is 0.226. The van der Waals surface area contributed by atoms with Crippen molar-refractivity contribution in [3.63, 3.8) is 0 Å². The van der Waals surface area contributed by atoms with E-state index in [-0.39, 0.29) is 35.6 Å². The molecule has 264 valence electrons. The summed E-state index contributed by atoms with van der Waals surface area (Å²) in [5, 5.41) is 12.1. The summed E-state index contributed by atoms with van der Waals surface area (Å²) in [6, 6.07) is 20.4. The molecule has 3 aromatic carbocycles. The molecule has 0 fully saturated rings. The van der Waals surface area contributed by atoms with Gasteiger partial charge in [-0.05, 0) is 93.1 Å². The van der Waals surface area contributed by atoms with E-state index in [1.54, 1.807) is 41.8 Å². The second-order valence-electron chi connectivity index (χ2n) is 13.6. The molecular weight excluding hydrogens is 653 g/mol. The summed E-state index contributed by atoms with van der Waals surface area (Å²) >= 11 is 0. The van der Waals surface area contributed by atoms with Gasteiger partial charge < -0.3 is 14.6 Å². The number of amides is 1. The number of hydrogen-bond donors (Lipinski definition) is 3. The molecule has 1 amide bonds. The van der Waals surface area contributed by atoms with Gasteiger partial charge in [-0.3, -0.25) is 18.7 Å². The summed E-state index contributed by atoms with van der Waals surface area (Å²) < 4.78 is 34.7. The topological polar surface area (TPSA) is 135 Å². The minimum atomic E-state index is -3.37. The maximum atomic E-state index is 13.7. The predicted molar refractivity (Wildman–Crippen MR) is 197 cm³/mol. The van der Waals surface area contributed by atoms with Crippen LogP contribution in [0.2, 0.25) is 0 Å². The lowest BCUT2D eigenvalue weighted by atomic mass is 9.74. The van der Waals surface area contributed by atoms with Crippen molar-refractivity contribution in [3.8, 4) is 5.75 Å². The van der Waals surface area contributed by atoms with E-state index in [0.717, 1.165) is 38.9 Å². The molecular formula is C38H46N6O5S. The Balaban J connectivity index is 1.45. The Labute approximate surface area is 294 Å². The first kappa shape index (κ1) is 35.3. The Morgan fingerprint density at radius 2 is 1.84 bits per heavy atom. The van der Waals surface area contributed by atoms with Crippen LogP contribution in [0.15, 0.2) is 82.6 Å². The van der Waals surface area contributed by atoms with Crippen LogP contribution in [0.4, 0.5) is 0 Å². The number of aromatic nitrogens is 4. The number of pyridine rings is 1. The molecule has 0 bridgehead atoms. The summed E-state index contributed by atoms with van der Waals surface area (Å²) in [6.45, 7) is 13.3. The molecule has 11 nitrogen and oxygen atoms in total. The monoisotopic (exact) mass is 698 g/mol. The molecule has 2 atom stereocenters. The van der Waals surface area contributed by atoms with Gasteiger partial charge in [0.1, 0.15) is 22.3 Å². The highest BCUT2D eigenvalue weighted by atomic mass is 32.3. The van der Waals surface area contributed by atoms with Crippen LogP contribution in [0.25, 0.3) is 11.0 Å². The quantitative estimate of drug-likeness (QED) is 0.153. The molecule has 50 heavy (non-hydrogen) atoms. The van der Waals surface area contributed by atoms with Gasteiger partial charge in [0.05, 0.1) is 12.1 Å². The van der Waals surface area contributed by atoms with Crippen LogP contribution < -0.4 is 15.6 Å². The summed E-state index contributed by atoms with van der Waals surface area (Å²) in [7, 11) is -1.72. The number of rotatable bonds is 9. The first-order valence-electron chi connectivity index (χ1n) is 17.0. The normalized spacial score (nSPS) is 17.4. The molecule has 0 aliphatic carbocycles. The van der Waals surface area contributed by atoms with Crippen molar-refractivity contribution in [2.45, 2.75) is 83.5 Å². The molecule has 1 aliphatic heterocycles. The number of benzene rings is 3. The number of hydrogen-bond acceptors (Lipinski definition) is 8. The molecule has 6 rings (SSSR count). The molecule has 0 spiro atoms. The summed E-state index contributed by atoms with van der Waals surface area (Å²) in [5.74, 6) is -0.235. The van der Waals surface area contributed by atoms with Gasteiger partial charge in [0.15, 0.2) is 0 Å². The van der Waals surface area contributed by atoms with Crippen LogP contribution in [0, 0.1) is 13.8 Å². The van der Waals surface area contributed by atoms with Gasteiger partial charge in [-0.25, -0.2) is 4.68 Å². The van der Waals surface area contributed by atoms with Gasteiger partial charge in [-0.2, -0.15) is 4.31 Å². The maximum Gasteiger partial charge on any atom is 0.251 e. The molecule has 3 heterocycles. The van der Waals surface area contributed by atoms with Gasteiger partial charge in [-0.15, -0.1) is 15.9 Å². The maximum absolute atomic E-state index is 13.7. The smallest absolute Gasteiger partial charge is 0.251 e. The van der Waals surface area contributed by atoms with Gasteiger partial charge >= 0.3 is 0 Å². The highest BCUT2D eigenvalue weighted by Gasteiger charge is 2.38. The van der Waals surface area contributed by atoms with E-state index in [1.807, 2.05) is 64.4 Å². The molecule has 0 unspecified atom stereocenters. The fourth-order valence-electron chi connectivity index (χ4n) is 6.90. The van der Waals surface area contributed by atoms with Crippen molar-refractivity contribution in [1.29, 1.82) is 0 Å². The third-order valence-electron chi connectivity index (χ3n) is 9.83. The highest BCUT2D eigenvalue weighted by molar-refractivity contribution is 8.22. The Hall–Kier alpha value is -4.49. The molecule has 0 saturated carbocycles. The molecule has 12 heteroatoms. The average molecular weight is 699 g/mol. The van der Waals surface area contributed by atoms with E-state index in [2.05, 4.69) is 33.8 Å². The zero-order chi connectivity index (χ0) is 36.0. The average Bonchev–Trinajstić information content (AvgIpc) is 3.47. The molecule has 0 saturated heterocycles. The number of carbonyl (C=O) groups excluding carboxylic acids is 1. The zero-order valence-corrected chi connectivity index (χ0v) is 30.5. The van der Waals surface area contributed by atoms with Crippen LogP contribution in [0.1, 0.15) is 78.2 Å². The van der Waals surface area contributed by atoms with Crippen LogP contribution >= 0.6 is 10.8 Å². The lowest BCUT2D eigenvalue weighted by Crippen LogP contribution is -2.48. The molecule has 0 radical (unpaired) electrons. The van der Waals surface area contributed by atoms with Crippen LogP contribution in [0.5, 0.6) is 5.75 Å². The van der Waals surface area contributed by atoms with E-state index in [4.69, 9.17) is 4.74 Å². The molecule has 5 aromatic rings. The first-order chi connectivity index (χ1) is 23.7. The van der Waals surface area contributed by atoms with Gasteiger partial charge in [0, 0.05) is 49.4 Å². The lowest BCUT2D eigenvalue weighted by Gasteiger charge is -2.42. The Kier molecular flexibility index (Phi) is 9.66. The molecule has 3 N–H and O–H groups in total. The van der Waals surface area contributed by atoms with Crippen molar-refractivity contribution in [1.82, 2.24) is 29.2 Å². The fourth-order valence-corrected chi connectivity index (χ4v) is 8.52. The van der Waals surface area contributed by atoms with Crippen molar-refractivity contribution in [3.05, 3.63) is 117 Å². The first-order valence-corrected chi connectivity index (χ1v) is 18.5. The fraction of sp³-hybridized carbons (Fsp3) is 0.368. The lowest BCUT2D eigenvalue weighted by molar-refractivity contribution is 0.0905. The molecule has 1 aliphatic rings. The van der Waals surface area contributed by atoms with Crippen molar-refractivity contribution < 1.29 is 18.6 Å². The predicted octanol–water partition coefficient (Wildman–Crippen LogP) is 6.80. The Morgan fingerprint density at radius 3 is 2.56 bits per heavy atom. The number of aryl methyl sites for hydroxylation is 4. The summed E-state index contributed by atoms with van der Waals surface area (Å²) in [4.78, 5) is 26.5. The highest BCUT2D eigenvalue weighted by Crippen LogP contribution is 2.57. The third kappa shape index (κ3) is 6.56. The number of para-hydroxylation sites is 1. The van der Waals surface area contributed by atoms with Crippen LogP contribution in [0.3, 0.4) is 0 Å². The van der Waals surface area contributed by atoms with E-state index in [9.17, 15) is 18.7 Å². The Bertz CT molecular complexity index is 2120. The summed E-state index contributed by atoms with van der Waals surface area (Å²) in [6.07, 6.45) is 2.06.